The van der Waals surface area contributed by atoms with E-state index in [2.05, 4.69) is 4.85 Å². The summed E-state index contributed by atoms with van der Waals surface area (Å²) in [5.74, 6) is -0.489. The number of carbonyl (C=O) groups excluding carboxylic acids is 1. The van der Waals surface area contributed by atoms with Gasteiger partial charge in [0.2, 0.25) is 0 Å². The highest BCUT2D eigenvalue weighted by molar-refractivity contribution is 5.92. The molecule has 0 heterocycles. The predicted octanol–water partition coefficient (Wildman–Crippen LogP) is 3.18. The van der Waals surface area contributed by atoms with Crippen LogP contribution in [0.15, 0.2) is 42.5 Å². The quantitative estimate of drug-likeness (QED) is 0.686. The maximum atomic E-state index is 11.7. The minimum absolute atomic E-state index is 0.229. The summed E-state index contributed by atoms with van der Waals surface area (Å²) < 4.78 is 4.72. The van der Waals surface area contributed by atoms with Crippen molar-refractivity contribution in [1.29, 1.82) is 0 Å². The van der Waals surface area contributed by atoms with E-state index >= 15 is 0 Å². The van der Waals surface area contributed by atoms with Gasteiger partial charge in [-0.2, -0.15) is 0 Å². The van der Waals surface area contributed by atoms with Crippen LogP contribution in [0.2, 0.25) is 0 Å². The molecule has 4 nitrogen and oxygen atoms in total. The first-order valence-corrected chi connectivity index (χ1v) is 5.99. The van der Waals surface area contributed by atoms with Gasteiger partial charge in [-0.15, -0.1) is 0 Å². The van der Waals surface area contributed by atoms with Crippen LogP contribution in [0, 0.1) is 6.57 Å². The number of ether oxygens (including phenoxy) is 1. The number of rotatable bonds is 3. The molecule has 0 aliphatic carbocycles. The van der Waals surface area contributed by atoms with Crippen molar-refractivity contribution in [2.24, 2.45) is 0 Å². The summed E-state index contributed by atoms with van der Waals surface area (Å²) in [7, 11) is 1.30. The van der Waals surface area contributed by atoms with Crippen molar-refractivity contribution in [3.8, 4) is 11.1 Å². The Morgan fingerprint density at radius 1 is 1.25 bits per heavy atom. The molecule has 0 spiro atoms. The highest BCUT2D eigenvalue weighted by Crippen LogP contribution is 2.26. The number of nitrogens with zero attached hydrogens (tertiary/aromatic N) is 1. The van der Waals surface area contributed by atoms with Crippen molar-refractivity contribution in [2.75, 3.05) is 7.11 Å². The summed E-state index contributed by atoms with van der Waals surface area (Å²) in [6.07, 6.45) is 0. The van der Waals surface area contributed by atoms with Gasteiger partial charge in [0.25, 0.3) is 0 Å². The van der Waals surface area contributed by atoms with E-state index in [4.69, 9.17) is 11.3 Å². The van der Waals surface area contributed by atoms with E-state index in [9.17, 15) is 9.90 Å². The molecular weight excluding hydrogens is 254 g/mol. The summed E-state index contributed by atoms with van der Waals surface area (Å²) in [6, 6.07) is 12.3. The molecule has 0 unspecified atom stereocenters. The highest BCUT2D eigenvalue weighted by atomic mass is 16.5. The number of hydrogen-bond acceptors (Lipinski definition) is 3. The van der Waals surface area contributed by atoms with Crippen molar-refractivity contribution < 1.29 is 14.6 Å². The van der Waals surface area contributed by atoms with Crippen molar-refractivity contribution in [3.05, 3.63) is 65.0 Å². The average Bonchev–Trinajstić information content (AvgIpc) is 2.53. The van der Waals surface area contributed by atoms with Crippen LogP contribution in [-0.2, 0) is 11.3 Å². The van der Waals surface area contributed by atoms with Crippen LogP contribution in [-0.4, -0.2) is 18.2 Å². The Morgan fingerprint density at radius 3 is 2.65 bits per heavy atom. The SMILES string of the molecule is [C-]#[N+]c1cccc(-c2ccc(CO)c(C(=O)OC)c2)c1. The van der Waals surface area contributed by atoms with Gasteiger partial charge in [-0.25, -0.2) is 9.64 Å². The van der Waals surface area contributed by atoms with Crippen molar-refractivity contribution in [3.63, 3.8) is 0 Å². The smallest absolute Gasteiger partial charge is 0.338 e. The first kappa shape index (κ1) is 13.8. The molecule has 0 saturated heterocycles. The maximum Gasteiger partial charge on any atom is 0.338 e. The van der Waals surface area contributed by atoms with Crippen molar-refractivity contribution >= 4 is 11.7 Å². The zero-order chi connectivity index (χ0) is 14.5. The van der Waals surface area contributed by atoms with Gasteiger partial charge >= 0.3 is 5.97 Å². The lowest BCUT2D eigenvalue weighted by Gasteiger charge is -2.09. The molecule has 0 radical (unpaired) electrons. The summed E-state index contributed by atoms with van der Waals surface area (Å²) in [5, 5.41) is 9.26. The van der Waals surface area contributed by atoms with E-state index in [0.29, 0.717) is 16.8 Å². The standard InChI is InChI=1S/C16H13NO3/c1-17-14-5-3-4-11(8-14)12-6-7-13(10-18)15(9-12)16(19)20-2/h3-9,18H,10H2,2H3. The minimum Gasteiger partial charge on any atom is -0.465 e. The average molecular weight is 267 g/mol. The summed E-state index contributed by atoms with van der Waals surface area (Å²) in [5.41, 5.74) is 3.03. The van der Waals surface area contributed by atoms with Crippen LogP contribution >= 0.6 is 0 Å². The molecule has 0 bridgehead atoms. The Labute approximate surface area is 117 Å². The van der Waals surface area contributed by atoms with Crippen molar-refractivity contribution in [2.45, 2.75) is 6.61 Å². The Morgan fingerprint density at radius 2 is 2.00 bits per heavy atom. The molecule has 0 atom stereocenters. The van der Waals surface area contributed by atoms with Gasteiger partial charge in [0, 0.05) is 0 Å². The summed E-state index contributed by atoms with van der Waals surface area (Å²) in [6.45, 7) is 6.80. The van der Waals surface area contributed by atoms with Crippen LogP contribution < -0.4 is 0 Å². The molecule has 0 aliphatic heterocycles. The predicted molar refractivity (Wildman–Crippen MR) is 75.4 cm³/mol. The number of aliphatic hydroxyl groups excluding tert-OH is 1. The van der Waals surface area contributed by atoms with Gasteiger partial charge in [-0.05, 0) is 28.8 Å². The summed E-state index contributed by atoms with van der Waals surface area (Å²) >= 11 is 0. The van der Waals surface area contributed by atoms with E-state index in [0.717, 1.165) is 11.1 Å². The molecule has 4 heteroatoms. The zero-order valence-electron chi connectivity index (χ0n) is 11.0. The van der Waals surface area contributed by atoms with E-state index in [1.54, 1.807) is 36.4 Å². The third kappa shape index (κ3) is 2.68. The Hall–Kier alpha value is -2.64. The molecule has 2 aromatic carbocycles. The van der Waals surface area contributed by atoms with Gasteiger partial charge < -0.3 is 9.84 Å². The molecule has 0 aromatic heterocycles. The Bertz CT molecular complexity index is 686. The van der Waals surface area contributed by atoms with Crippen LogP contribution in [0.4, 0.5) is 5.69 Å². The lowest BCUT2D eigenvalue weighted by atomic mass is 9.99. The first-order valence-electron chi connectivity index (χ1n) is 5.99. The second kappa shape index (κ2) is 6.00. The maximum absolute atomic E-state index is 11.7. The fourth-order valence-electron chi connectivity index (χ4n) is 1.95. The Kier molecular flexibility index (Phi) is 4.14. The van der Waals surface area contributed by atoms with Gasteiger partial charge in [-0.1, -0.05) is 30.3 Å². The number of esters is 1. The fraction of sp³-hybridized carbons (Fsp3) is 0.125. The lowest BCUT2D eigenvalue weighted by Crippen LogP contribution is -2.06. The molecule has 100 valence electrons. The fourth-order valence-corrected chi connectivity index (χ4v) is 1.95. The molecule has 20 heavy (non-hydrogen) atoms. The molecule has 0 aliphatic rings. The third-order valence-electron chi connectivity index (χ3n) is 2.99. The third-order valence-corrected chi connectivity index (χ3v) is 2.99. The number of hydrogen-bond donors (Lipinski definition) is 1. The van der Waals surface area contributed by atoms with Gasteiger partial charge in [0.15, 0.2) is 5.69 Å². The molecule has 0 saturated carbocycles. The molecule has 2 rings (SSSR count). The van der Waals surface area contributed by atoms with Crippen LogP contribution in [0.25, 0.3) is 16.0 Å². The number of aliphatic hydroxyl groups is 1. The van der Waals surface area contributed by atoms with Gasteiger partial charge in [-0.3, -0.25) is 0 Å². The molecule has 0 amide bonds. The second-order valence-corrected chi connectivity index (χ2v) is 4.18. The van der Waals surface area contributed by atoms with Crippen molar-refractivity contribution in [1.82, 2.24) is 0 Å². The normalized spacial score (nSPS) is 9.85. The van der Waals surface area contributed by atoms with E-state index in [1.807, 2.05) is 6.07 Å². The lowest BCUT2D eigenvalue weighted by molar-refractivity contribution is 0.0597. The van der Waals surface area contributed by atoms with Crippen LogP contribution in [0.5, 0.6) is 0 Å². The van der Waals surface area contributed by atoms with E-state index in [-0.39, 0.29) is 6.61 Å². The topological polar surface area (TPSA) is 50.9 Å². The molecular formula is C16H13NO3. The molecule has 1 N–H and O–H groups in total. The molecule has 0 fully saturated rings. The van der Waals surface area contributed by atoms with Gasteiger partial charge in [0.05, 0.1) is 25.9 Å². The highest BCUT2D eigenvalue weighted by Gasteiger charge is 2.12. The minimum atomic E-state index is -0.489. The number of benzene rings is 2. The summed E-state index contributed by atoms with van der Waals surface area (Å²) in [4.78, 5) is 15.1. The zero-order valence-corrected chi connectivity index (χ0v) is 11.0. The molecule has 2 aromatic rings. The number of carbonyl (C=O) groups is 1. The monoisotopic (exact) mass is 267 g/mol. The van der Waals surface area contributed by atoms with Gasteiger partial charge in [0.1, 0.15) is 0 Å². The largest absolute Gasteiger partial charge is 0.465 e. The van der Waals surface area contributed by atoms with Crippen LogP contribution in [0.3, 0.4) is 0 Å². The van der Waals surface area contributed by atoms with E-state index < -0.39 is 5.97 Å². The second-order valence-electron chi connectivity index (χ2n) is 4.18. The number of methoxy groups -OCH3 is 1. The van der Waals surface area contributed by atoms with Crippen LogP contribution in [0.1, 0.15) is 15.9 Å². The first-order chi connectivity index (χ1) is 9.69. The Balaban J connectivity index is 2.53. The van der Waals surface area contributed by atoms with E-state index in [1.165, 1.54) is 7.11 Å².